The smallest absolute Gasteiger partial charge is 0.330 e. The fourth-order valence-corrected chi connectivity index (χ4v) is 1.66. The molecule has 0 bridgehead atoms. The molecule has 0 fully saturated rings. The second-order valence-corrected chi connectivity index (χ2v) is 4.21. The third-order valence-electron chi connectivity index (χ3n) is 2.65. The Balaban J connectivity index is 2.33. The molecule has 112 valence electrons. The Hall–Kier alpha value is -3.42. The highest BCUT2D eigenvalue weighted by Crippen LogP contribution is 2.15. The minimum atomic E-state index is -0.775. The van der Waals surface area contributed by atoms with E-state index in [1.54, 1.807) is 12.1 Å². The normalized spacial score (nSPS) is 10.8. The second-order valence-electron chi connectivity index (χ2n) is 4.21. The Morgan fingerprint density at radius 3 is 2.23 bits per heavy atom. The average Bonchev–Trinajstić information content (AvgIpc) is 2.52. The predicted octanol–water partition coefficient (Wildman–Crippen LogP) is 1.85. The summed E-state index contributed by atoms with van der Waals surface area (Å²) in [7, 11) is 0. The minimum Gasteiger partial charge on any atom is -0.350 e. The van der Waals surface area contributed by atoms with Crippen LogP contribution in [0.5, 0.6) is 0 Å². The van der Waals surface area contributed by atoms with Gasteiger partial charge < -0.3 is 5.73 Å². The average molecular weight is 299 g/mol. The van der Waals surface area contributed by atoms with Gasteiger partial charge in [-0.3, -0.25) is 21.0 Å². The number of benzene rings is 2. The van der Waals surface area contributed by atoms with E-state index in [9.17, 15) is 14.9 Å². The molecular formula is C14H13N5O3. The molecular weight excluding hydrogens is 286 g/mol. The first-order valence-corrected chi connectivity index (χ1v) is 6.26. The summed E-state index contributed by atoms with van der Waals surface area (Å²) >= 11 is 0. The number of non-ortho nitro benzene ring substituents is 1. The van der Waals surface area contributed by atoms with E-state index in [1.807, 2.05) is 18.2 Å². The van der Waals surface area contributed by atoms with Gasteiger partial charge in [0.1, 0.15) is 0 Å². The second kappa shape index (κ2) is 6.84. The third kappa shape index (κ3) is 4.04. The number of amidine groups is 1. The van der Waals surface area contributed by atoms with Crippen molar-refractivity contribution in [1.82, 2.24) is 10.9 Å². The first-order chi connectivity index (χ1) is 10.6. The summed E-state index contributed by atoms with van der Waals surface area (Å²) < 4.78 is 0. The van der Waals surface area contributed by atoms with Gasteiger partial charge in [-0.1, -0.05) is 18.2 Å². The molecule has 22 heavy (non-hydrogen) atoms. The van der Waals surface area contributed by atoms with E-state index < -0.39 is 11.0 Å². The number of nitrogens with one attached hydrogen (secondary N) is 2. The van der Waals surface area contributed by atoms with Crippen molar-refractivity contribution in [3.8, 4) is 0 Å². The fraction of sp³-hybridized carbons (Fsp3) is 0. The minimum absolute atomic E-state index is 0.0364. The van der Waals surface area contributed by atoms with Gasteiger partial charge in [0.15, 0.2) is 5.84 Å². The van der Waals surface area contributed by atoms with Gasteiger partial charge in [0.05, 0.1) is 10.6 Å². The van der Waals surface area contributed by atoms with Crippen molar-refractivity contribution in [2.75, 3.05) is 0 Å². The molecule has 2 amide bonds. The van der Waals surface area contributed by atoms with Crippen molar-refractivity contribution in [3.05, 3.63) is 70.3 Å². The summed E-state index contributed by atoms with van der Waals surface area (Å²) in [5, 5.41) is 10.7. The SMILES string of the molecule is NC(=O)NNC(=Nc1ccccc1)c1ccc([N+](=O)[O-])cc1. The highest BCUT2D eigenvalue weighted by Gasteiger charge is 2.09. The Labute approximate surface area is 125 Å². The lowest BCUT2D eigenvalue weighted by molar-refractivity contribution is -0.384. The van der Waals surface area contributed by atoms with Gasteiger partial charge in [-0.25, -0.2) is 9.79 Å². The number of hydrogen-bond donors (Lipinski definition) is 3. The van der Waals surface area contributed by atoms with E-state index >= 15 is 0 Å². The molecule has 0 spiro atoms. The summed E-state index contributed by atoms with van der Waals surface area (Å²) in [6.45, 7) is 0. The predicted molar refractivity (Wildman–Crippen MR) is 81.6 cm³/mol. The first-order valence-electron chi connectivity index (χ1n) is 6.26. The summed E-state index contributed by atoms with van der Waals surface area (Å²) in [6, 6.07) is 14.0. The molecule has 0 aliphatic heterocycles. The lowest BCUT2D eigenvalue weighted by atomic mass is 10.2. The van der Waals surface area contributed by atoms with Crippen molar-refractivity contribution >= 4 is 23.2 Å². The first kappa shape index (κ1) is 15.0. The summed E-state index contributed by atoms with van der Waals surface area (Å²) in [6.07, 6.45) is 0. The zero-order chi connectivity index (χ0) is 15.9. The highest BCUT2D eigenvalue weighted by atomic mass is 16.6. The number of hydrogen-bond acceptors (Lipinski definition) is 4. The van der Waals surface area contributed by atoms with Crippen LogP contribution in [0.4, 0.5) is 16.2 Å². The lowest BCUT2D eigenvalue weighted by Gasteiger charge is -2.10. The molecule has 2 rings (SSSR count). The Bertz CT molecular complexity index is 698. The van der Waals surface area contributed by atoms with Gasteiger partial charge in [-0.2, -0.15) is 0 Å². The number of urea groups is 1. The van der Waals surface area contributed by atoms with E-state index in [4.69, 9.17) is 5.73 Å². The van der Waals surface area contributed by atoms with Gasteiger partial charge in [0.25, 0.3) is 5.69 Å². The number of hydrazine groups is 1. The van der Waals surface area contributed by atoms with Crippen LogP contribution in [0, 0.1) is 10.1 Å². The van der Waals surface area contributed by atoms with Crippen LogP contribution >= 0.6 is 0 Å². The summed E-state index contributed by atoms with van der Waals surface area (Å²) in [5.41, 5.74) is 11.0. The number of primary amides is 1. The highest BCUT2D eigenvalue weighted by molar-refractivity contribution is 6.01. The number of nitro benzene ring substituents is 1. The molecule has 4 N–H and O–H groups in total. The van der Waals surface area contributed by atoms with Crippen LogP contribution in [0.2, 0.25) is 0 Å². The van der Waals surface area contributed by atoms with Crippen LogP contribution in [0.25, 0.3) is 0 Å². The van der Waals surface area contributed by atoms with Crippen molar-refractivity contribution in [2.45, 2.75) is 0 Å². The fourth-order valence-electron chi connectivity index (χ4n) is 1.66. The lowest BCUT2D eigenvalue weighted by Crippen LogP contribution is -2.44. The number of aliphatic imine (C=N–C) groups is 1. The maximum Gasteiger partial charge on any atom is 0.330 e. The quantitative estimate of drug-likeness (QED) is 0.346. The number of para-hydroxylation sites is 1. The third-order valence-corrected chi connectivity index (χ3v) is 2.65. The zero-order valence-corrected chi connectivity index (χ0v) is 11.4. The Morgan fingerprint density at radius 1 is 1.05 bits per heavy atom. The van der Waals surface area contributed by atoms with Crippen molar-refractivity contribution < 1.29 is 9.72 Å². The molecule has 0 radical (unpaired) electrons. The molecule has 0 aliphatic rings. The Morgan fingerprint density at radius 2 is 1.68 bits per heavy atom. The number of nitro groups is 1. The summed E-state index contributed by atoms with van der Waals surface area (Å²) in [4.78, 5) is 25.4. The van der Waals surface area contributed by atoms with Crippen LogP contribution in [0.3, 0.4) is 0 Å². The number of carbonyl (C=O) groups excluding carboxylic acids is 1. The molecule has 0 aliphatic carbocycles. The topological polar surface area (TPSA) is 123 Å². The van der Waals surface area contributed by atoms with Crippen LogP contribution in [-0.2, 0) is 0 Å². The molecule has 0 unspecified atom stereocenters. The number of nitrogens with two attached hydrogens (primary N) is 1. The Kier molecular flexibility index (Phi) is 4.66. The molecule has 8 heteroatoms. The van der Waals surface area contributed by atoms with E-state index in [0.29, 0.717) is 17.1 Å². The number of amides is 2. The van der Waals surface area contributed by atoms with Gasteiger partial charge in [-0.05, 0) is 24.3 Å². The van der Waals surface area contributed by atoms with Gasteiger partial charge >= 0.3 is 6.03 Å². The van der Waals surface area contributed by atoms with Gasteiger partial charge in [0, 0.05) is 17.7 Å². The number of rotatable bonds is 3. The zero-order valence-electron chi connectivity index (χ0n) is 11.4. The maximum absolute atomic E-state index is 10.8. The van der Waals surface area contributed by atoms with E-state index in [1.165, 1.54) is 24.3 Å². The van der Waals surface area contributed by atoms with Gasteiger partial charge in [0.2, 0.25) is 0 Å². The van der Waals surface area contributed by atoms with Crippen LogP contribution in [0.15, 0.2) is 59.6 Å². The standard InChI is InChI=1S/C14H13N5O3/c15-14(20)18-17-13(16-11-4-2-1-3-5-11)10-6-8-12(9-7-10)19(21)22/h1-9H,(H,16,17)(H3,15,18,20). The number of nitrogens with zero attached hydrogens (tertiary/aromatic N) is 2. The molecule has 0 aromatic heterocycles. The molecule has 0 heterocycles. The largest absolute Gasteiger partial charge is 0.350 e. The maximum atomic E-state index is 10.8. The van der Waals surface area contributed by atoms with Crippen LogP contribution < -0.4 is 16.6 Å². The molecule has 0 atom stereocenters. The summed E-state index contributed by atoms with van der Waals surface area (Å²) in [5.74, 6) is 0.305. The molecule has 2 aromatic carbocycles. The van der Waals surface area contributed by atoms with E-state index in [-0.39, 0.29) is 5.69 Å². The van der Waals surface area contributed by atoms with Crippen molar-refractivity contribution in [1.29, 1.82) is 0 Å². The van der Waals surface area contributed by atoms with E-state index in [2.05, 4.69) is 15.8 Å². The van der Waals surface area contributed by atoms with Crippen LogP contribution in [-0.4, -0.2) is 16.8 Å². The number of carbonyl (C=O) groups is 1. The van der Waals surface area contributed by atoms with Gasteiger partial charge in [-0.15, -0.1) is 0 Å². The molecule has 2 aromatic rings. The molecule has 0 saturated carbocycles. The monoisotopic (exact) mass is 299 g/mol. The van der Waals surface area contributed by atoms with E-state index in [0.717, 1.165) is 0 Å². The van der Waals surface area contributed by atoms with Crippen LogP contribution in [0.1, 0.15) is 5.56 Å². The molecule has 0 saturated heterocycles. The van der Waals surface area contributed by atoms with Crippen molar-refractivity contribution in [3.63, 3.8) is 0 Å². The van der Waals surface area contributed by atoms with Crippen molar-refractivity contribution in [2.24, 2.45) is 10.7 Å². The molecule has 8 nitrogen and oxygen atoms in total.